The first-order valence-electron chi connectivity index (χ1n) is 8.75. The monoisotopic (exact) mass is 435 g/mol. The van der Waals surface area contributed by atoms with Crippen LogP contribution in [-0.4, -0.2) is 33.3 Å². The Labute approximate surface area is 176 Å². The molecule has 1 unspecified atom stereocenters. The Balaban J connectivity index is 1.63. The van der Waals surface area contributed by atoms with Gasteiger partial charge in [-0.05, 0) is 38.0 Å². The zero-order valence-corrected chi connectivity index (χ0v) is 17.7. The van der Waals surface area contributed by atoms with Crippen molar-refractivity contribution < 1.29 is 9.59 Å². The van der Waals surface area contributed by atoms with Crippen LogP contribution in [0, 0.1) is 11.3 Å². The number of carbonyl (C=O) groups excluding carboxylic acids is 2. The number of benzene rings is 1. The van der Waals surface area contributed by atoms with Gasteiger partial charge in [0.05, 0.1) is 15.8 Å². The number of aromatic nitrogens is 2. The fraction of sp³-hybridized carbons (Fsp3) is 0.389. The molecule has 2 amide bonds. The van der Waals surface area contributed by atoms with Crippen molar-refractivity contribution in [2.24, 2.45) is 0 Å². The van der Waals surface area contributed by atoms with Gasteiger partial charge in [0, 0.05) is 18.2 Å². The molecule has 10 heteroatoms. The van der Waals surface area contributed by atoms with E-state index >= 15 is 0 Å². The SMILES string of the molecule is CCC(=O)N(c1nnc(SC(C)C(=O)Nc2ccc(C#N)c(Cl)c2)s1)C1CC1. The summed E-state index contributed by atoms with van der Waals surface area (Å²) in [5.41, 5.74) is 0.873. The second-order valence-corrected chi connectivity index (χ2v) is 9.21. The molecule has 0 spiro atoms. The van der Waals surface area contributed by atoms with Crippen molar-refractivity contribution in [1.82, 2.24) is 10.2 Å². The average Bonchev–Trinajstić information content (AvgIpc) is 3.40. The number of hydrogen-bond acceptors (Lipinski definition) is 7. The second-order valence-electron chi connectivity index (χ2n) is 6.25. The number of hydrogen-bond donors (Lipinski definition) is 1. The molecule has 146 valence electrons. The van der Waals surface area contributed by atoms with Gasteiger partial charge >= 0.3 is 0 Å². The number of carbonyl (C=O) groups is 2. The first-order valence-corrected chi connectivity index (χ1v) is 10.8. The molecule has 3 rings (SSSR count). The molecule has 1 atom stereocenters. The number of halogens is 1. The zero-order chi connectivity index (χ0) is 20.3. The number of amides is 2. The molecule has 2 aromatic rings. The van der Waals surface area contributed by atoms with E-state index in [1.807, 2.05) is 13.0 Å². The van der Waals surface area contributed by atoms with Crippen LogP contribution in [0.15, 0.2) is 22.5 Å². The summed E-state index contributed by atoms with van der Waals surface area (Å²) in [5.74, 6) is -0.176. The van der Waals surface area contributed by atoms with Crippen LogP contribution in [0.5, 0.6) is 0 Å². The van der Waals surface area contributed by atoms with E-state index in [1.54, 1.807) is 30.0 Å². The fourth-order valence-electron chi connectivity index (χ4n) is 2.45. The van der Waals surface area contributed by atoms with Gasteiger partial charge in [-0.25, -0.2) is 0 Å². The van der Waals surface area contributed by atoms with Gasteiger partial charge in [-0.3, -0.25) is 14.5 Å². The highest BCUT2D eigenvalue weighted by Gasteiger charge is 2.35. The van der Waals surface area contributed by atoms with Crippen molar-refractivity contribution in [3.05, 3.63) is 28.8 Å². The molecule has 1 aromatic carbocycles. The summed E-state index contributed by atoms with van der Waals surface area (Å²) in [6.07, 6.45) is 2.39. The van der Waals surface area contributed by atoms with Crippen LogP contribution < -0.4 is 10.2 Å². The number of nitrogens with one attached hydrogen (secondary N) is 1. The molecule has 1 fully saturated rings. The lowest BCUT2D eigenvalue weighted by molar-refractivity contribution is -0.118. The molecule has 0 saturated heterocycles. The maximum absolute atomic E-state index is 12.4. The molecule has 1 aliphatic carbocycles. The Hall–Kier alpha value is -2.15. The Morgan fingerprint density at radius 3 is 2.82 bits per heavy atom. The van der Waals surface area contributed by atoms with Crippen molar-refractivity contribution in [1.29, 1.82) is 5.26 Å². The molecule has 1 N–H and O–H groups in total. The molecular formula is C18H18ClN5O2S2. The predicted octanol–water partition coefficient (Wildman–Crippen LogP) is 4.09. The van der Waals surface area contributed by atoms with Crippen LogP contribution in [0.2, 0.25) is 5.02 Å². The van der Waals surface area contributed by atoms with Crippen LogP contribution in [0.1, 0.15) is 38.7 Å². The lowest BCUT2D eigenvalue weighted by Gasteiger charge is -2.17. The van der Waals surface area contributed by atoms with Crippen molar-refractivity contribution >= 4 is 57.3 Å². The quantitative estimate of drug-likeness (QED) is 0.519. The van der Waals surface area contributed by atoms with Gasteiger partial charge in [0.2, 0.25) is 16.9 Å². The number of thioether (sulfide) groups is 1. The van der Waals surface area contributed by atoms with Gasteiger partial charge in [0.1, 0.15) is 6.07 Å². The molecule has 0 radical (unpaired) electrons. The minimum atomic E-state index is -0.425. The average molecular weight is 436 g/mol. The van der Waals surface area contributed by atoms with Gasteiger partial charge < -0.3 is 5.32 Å². The Bertz CT molecular complexity index is 938. The van der Waals surface area contributed by atoms with E-state index in [9.17, 15) is 9.59 Å². The summed E-state index contributed by atoms with van der Waals surface area (Å²) >= 11 is 8.60. The zero-order valence-electron chi connectivity index (χ0n) is 15.3. The summed E-state index contributed by atoms with van der Waals surface area (Å²) < 4.78 is 0.630. The molecule has 7 nitrogen and oxygen atoms in total. The summed E-state index contributed by atoms with van der Waals surface area (Å²) in [7, 11) is 0. The van der Waals surface area contributed by atoms with Crippen LogP contribution in [-0.2, 0) is 9.59 Å². The van der Waals surface area contributed by atoms with Crippen LogP contribution in [0.3, 0.4) is 0 Å². The first-order chi connectivity index (χ1) is 13.4. The predicted molar refractivity (Wildman–Crippen MR) is 111 cm³/mol. The smallest absolute Gasteiger partial charge is 0.237 e. The molecular weight excluding hydrogens is 418 g/mol. The molecule has 0 bridgehead atoms. The van der Waals surface area contributed by atoms with Crippen LogP contribution in [0.4, 0.5) is 10.8 Å². The van der Waals surface area contributed by atoms with Gasteiger partial charge in [-0.2, -0.15) is 5.26 Å². The molecule has 0 aliphatic heterocycles. The van der Waals surface area contributed by atoms with Crippen molar-refractivity contribution in [3.8, 4) is 6.07 Å². The normalized spacial score (nSPS) is 14.2. The summed E-state index contributed by atoms with van der Waals surface area (Å²) in [4.78, 5) is 26.3. The largest absolute Gasteiger partial charge is 0.325 e. The lowest BCUT2D eigenvalue weighted by atomic mass is 10.2. The van der Waals surface area contributed by atoms with E-state index in [2.05, 4.69) is 15.5 Å². The van der Waals surface area contributed by atoms with Crippen molar-refractivity contribution in [2.45, 2.75) is 48.7 Å². The molecule has 1 saturated carbocycles. The van der Waals surface area contributed by atoms with Gasteiger partial charge in [0.25, 0.3) is 0 Å². The highest BCUT2D eigenvalue weighted by atomic mass is 35.5. The Morgan fingerprint density at radius 2 is 2.21 bits per heavy atom. The lowest BCUT2D eigenvalue weighted by Crippen LogP contribution is -2.32. The van der Waals surface area contributed by atoms with Gasteiger partial charge in [-0.15, -0.1) is 10.2 Å². The minimum absolute atomic E-state index is 0.0405. The maximum Gasteiger partial charge on any atom is 0.237 e. The molecule has 1 aromatic heterocycles. The number of rotatable bonds is 7. The van der Waals surface area contributed by atoms with Crippen LogP contribution in [0.25, 0.3) is 0 Å². The molecule has 28 heavy (non-hydrogen) atoms. The molecule has 1 heterocycles. The second kappa shape index (κ2) is 8.90. The van der Waals surface area contributed by atoms with Gasteiger partial charge in [-0.1, -0.05) is 41.6 Å². The fourth-order valence-corrected chi connectivity index (χ4v) is 4.75. The van der Waals surface area contributed by atoms with E-state index in [1.165, 1.54) is 23.1 Å². The topological polar surface area (TPSA) is 99.0 Å². The number of nitriles is 1. The maximum atomic E-state index is 12.4. The summed E-state index contributed by atoms with van der Waals surface area (Å²) in [6, 6.07) is 6.93. The van der Waals surface area contributed by atoms with E-state index in [4.69, 9.17) is 16.9 Å². The first kappa shape index (κ1) is 20.6. The van der Waals surface area contributed by atoms with E-state index in [0.717, 1.165) is 12.8 Å². The third kappa shape index (κ3) is 4.82. The summed E-state index contributed by atoms with van der Waals surface area (Å²) in [6.45, 7) is 3.60. The van der Waals surface area contributed by atoms with Crippen molar-refractivity contribution in [3.63, 3.8) is 0 Å². The highest BCUT2D eigenvalue weighted by molar-refractivity contribution is 8.02. The standard InChI is InChI=1S/C18H18ClN5O2S2/c1-3-15(25)24(13-6-7-13)17-22-23-18(28-17)27-10(2)16(26)21-12-5-4-11(9-20)14(19)8-12/h4-5,8,10,13H,3,6-7H2,1-2H3,(H,21,26). The van der Waals surface area contributed by atoms with Crippen LogP contribution >= 0.6 is 34.7 Å². The number of anilines is 2. The number of nitrogens with zero attached hydrogens (tertiary/aromatic N) is 4. The summed E-state index contributed by atoms with van der Waals surface area (Å²) in [5, 5.41) is 20.4. The minimum Gasteiger partial charge on any atom is -0.325 e. The van der Waals surface area contributed by atoms with E-state index < -0.39 is 5.25 Å². The van der Waals surface area contributed by atoms with E-state index in [-0.39, 0.29) is 22.9 Å². The van der Waals surface area contributed by atoms with Crippen molar-refractivity contribution in [2.75, 3.05) is 10.2 Å². The Kier molecular flexibility index (Phi) is 6.54. The molecule has 1 aliphatic rings. The highest BCUT2D eigenvalue weighted by Crippen LogP contribution is 2.37. The third-order valence-corrected chi connectivity index (χ3v) is 6.51. The van der Waals surface area contributed by atoms with Gasteiger partial charge in [0.15, 0.2) is 4.34 Å². The van der Waals surface area contributed by atoms with E-state index in [0.29, 0.717) is 27.1 Å². The third-order valence-electron chi connectivity index (χ3n) is 4.09. The Morgan fingerprint density at radius 1 is 1.46 bits per heavy atom.